The van der Waals surface area contributed by atoms with E-state index in [0.717, 1.165) is 10.9 Å². The van der Waals surface area contributed by atoms with Gasteiger partial charge in [0.15, 0.2) is 12.3 Å². The molecule has 122 valence electrons. The van der Waals surface area contributed by atoms with Gasteiger partial charge < -0.3 is 15.2 Å². The van der Waals surface area contributed by atoms with E-state index in [4.69, 9.17) is 15.2 Å². The molecule has 0 bridgehead atoms. The Morgan fingerprint density at radius 3 is 2.86 bits per heavy atom. The van der Waals surface area contributed by atoms with Crippen LogP contribution in [0.4, 0.5) is 10.3 Å². The number of carbonyl (C=O) groups excluding carboxylic acids is 1. The van der Waals surface area contributed by atoms with Gasteiger partial charge in [0.2, 0.25) is 11.8 Å². The van der Waals surface area contributed by atoms with E-state index in [1.807, 2.05) is 0 Å². The molecule has 2 atom stereocenters. The first-order valence-electron chi connectivity index (χ1n) is 6.93. The summed E-state index contributed by atoms with van der Waals surface area (Å²) in [7, 11) is 0. The summed E-state index contributed by atoms with van der Waals surface area (Å²) in [5.41, 5.74) is 3.38. The smallest absolute Gasteiger partial charge is 0.354 e. The van der Waals surface area contributed by atoms with Gasteiger partial charge in [-0.15, -0.1) is 0 Å². The van der Waals surface area contributed by atoms with Crippen LogP contribution in [0.3, 0.4) is 0 Å². The Labute approximate surface area is 126 Å². The molecule has 1 aliphatic rings. The van der Waals surface area contributed by atoms with Crippen LogP contribution in [-0.2, 0) is 20.0 Å². The number of nitrogen functional groups attached to an aromatic ring is 1. The Kier molecular flexibility index (Phi) is 4.19. The standard InChI is InChI=1S/C13H19FN4O4/c1-8(2)9(19)21-6-13(14)5-4-12(3,22-13)18-7-16-10(15)17-11(18)20/h7-8H,4-6H2,1-3H3,(H2,15,17,20)/t12-,13+/m1/s1. The SMILES string of the molecule is CC(C)C(=O)OC[C@]1(F)CC[C@](C)(n2cnc(N)nc2=O)O1. The number of carbonyl (C=O) groups is 1. The van der Waals surface area contributed by atoms with Gasteiger partial charge in [-0.05, 0) is 6.92 Å². The molecule has 22 heavy (non-hydrogen) atoms. The molecular weight excluding hydrogens is 295 g/mol. The van der Waals surface area contributed by atoms with Crippen molar-refractivity contribution in [1.29, 1.82) is 0 Å². The molecule has 1 aromatic heterocycles. The van der Waals surface area contributed by atoms with Crippen molar-refractivity contribution in [3.8, 4) is 0 Å². The van der Waals surface area contributed by atoms with E-state index in [9.17, 15) is 14.0 Å². The highest BCUT2D eigenvalue weighted by Crippen LogP contribution is 2.41. The zero-order valence-electron chi connectivity index (χ0n) is 12.7. The van der Waals surface area contributed by atoms with E-state index in [1.165, 1.54) is 0 Å². The molecule has 0 radical (unpaired) electrons. The van der Waals surface area contributed by atoms with Crippen LogP contribution >= 0.6 is 0 Å². The molecule has 2 N–H and O–H groups in total. The monoisotopic (exact) mass is 314 g/mol. The predicted molar refractivity (Wildman–Crippen MR) is 74.3 cm³/mol. The minimum Gasteiger partial charge on any atom is -0.459 e. The van der Waals surface area contributed by atoms with Gasteiger partial charge in [-0.1, -0.05) is 13.8 Å². The third-order valence-electron chi connectivity index (χ3n) is 3.50. The molecule has 8 nitrogen and oxygen atoms in total. The van der Waals surface area contributed by atoms with Gasteiger partial charge in [0.25, 0.3) is 0 Å². The lowest BCUT2D eigenvalue weighted by Gasteiger charge is -2.28. The summed E-state index contributed by atoms with van der Waals surface area (Å²) in [6.45, 7) is 4.32. The van der Waals surface area contributed by atoms with Crippen LogP contribution in [0.2, 0.25) is 0 Å². The van der Waals surface area contributed by atoms with Gasteiger partial charge in [0, 0.05) is 12.8 Å². The van der Waals surface area contributed by atoms with Gasteiger partial charge in [-0.2, -0.15) is 4.98 Å². The molecule has 0 amide bonds. The van der Waals surface area contributed by atoms with Crippen molar-refractivity contribution in [2.75, 3.05) is 12.3 Å². The Hall–Kier alpha value is -2.03. The van der Waals surface area contributed by atoms with E-state index >= 15 is 0 Å². The molecule has 2 heterocycles. The van der Waals surface area contributed by atoms with Gasteiger partial charge in [0.1, 0.15) is 6.33 Å². The maximum absolute atomic E-state index is 14.6. The minimum atomic E-state index is -2.15. The van der Waals surface area contributed by atoms with Crippen molar-refractivity contribution >= 4 is 11.9 Å². The fraction of sp³-hybridized carbons (Fsp3) is 0.692. The summed E-state index contributed by atoms with van der Waals surface area (Å²) >= 11 is 0. The van der Waals surface area contributed by atoms with Crippen LogP contribution < -0.4 is 11.4 Å². The second kappa shape index (κ2) is 5.64. The van der Waals surface area contributed by atoms with E-state index < -0.39 is 29.8 Å². The molecule has 1 aliphatic heterocycles. The van der Waals surface area contributed by atoms with Crippen molar-refractivity contribution < 1.29 is 18.7 Å². The number of anilines is 1. The van der Waals surface area contributed by atoms with Crippen molar-refractivity contribution in [1.82, 2.24) is 14.5 Å². The predicted octanol–water partition coefficient (Wildman–Crippen LogP) is 0.569. The number of nitrogens with zero attached hydrogens (tertiary/aromatic N) is 3. The Morgan fingerprint density at radius 1 is 1.59 bits per heavy atom. The highest BCUT2D eigenvalue weighted by molar-refractivity contribution is 5.71. The lowest BCUT2D eigenvalue weighted by atomic mass is 10.1. The van der Waals surface area contributed by atoms with Crippen LogP contribution in [0.1, 0.15) is 33.6 Å². The third kappa shape index (κ3) is 3.24. The minimum absolute atomic E-state index is 0.0221. The summed E-state index contributed by atoms with van der Waals surface area (Å²) < 4.78 is 26.0. The first kappa shape index (κ1) is 16.3. The summed E-state index contributed by atoms with van der Waals surface area (Å²) in [6.07, 6.45) is 1.35. The fourth-order valence-corrected chi connectivity index (χ4v) is 2.20. The molecule has 2 rings (SSSR count). The molecule has 0 aliphatic carbocycles. The van der Waals surface area contributed by atoms with Gasteiger partial charge in [-0.25, -0.2) is 14.2 Å². The van der Waals surface area contributed by atoms with E-state index in [2.05, 4.69) is 9.97 Å². The second-order valence-electron chi connectivity index (χ2n) is 5.79. The number of rotatable bonds is 4. The zero-order valence-corrected chi connectivity index (χ0v) is 12.7. The average molecular weight is 314 g/mol. The molecule has 1 saturated heterocycles. The van der Waals surface area contributed by atoms with Gasteiger partial charge >= 0.3 is 11.7 Å². The summed E-state index contributed by atoms with van der Waals surface area (Å²) in [5.74, 6) is -3.19. The van der Waals surface area contributed by atoms with E-state index in [-0.39, 0.29) is 24.7 Å². The average Bonchev–Trinajstić information content (AvgIpc) is 2.73. The number of nitrogens with two attached hydrogens (primary N) is 1. The Morgan fingerprint density at radius 2 is 2.27 bits per heavy atom. The van der Waals surface area contributed by atoms with Crippen molar-refractivity contribution in [2.24, 2.45) is 5.92 Å². The van der Waals surface area contributed by atoms with Crippen LogP contribution in [0, 0.1) is 5.92 Å². The maximum Gasteiger partial charge on any atom is 0.354 e. The normalized spacial score (nSPS) is 28.0. The lowest BCUT2D eigenvalue weighted by molar-refractivity contribution is -0.226. The Balaban J connectivity index is 2.13. The third-order valence-corrected chi connectivity index (χ3v) is 3.50. The summed E-state index contributed by atoms with van der Waals surface area (Å²) in [4.78, 5) is 30.5. The highest BCUT2D eigenvalue weighted by atomic mass is 19.2. The van der Waals surface area contributed by atoms with Crippen LogP contribution in [-0.4, -0.2) is 33.0 Å². The number of esters is 1. The molecule has 1 fully saturated rings. The summed E-state index contributed by atoms with van der Waals surface area (Å²) in [6, 6.07) is 0. The van der Waals surface area contributed by atoms with Crippen LogP contribution in [0.25, 0.3) is 0 Å². The molecule has 1 aromatic rings. The first-order chi connectivity index (χ1) is 10.2. The Bertz CT molecular complexity index is 635. The largest absolute Gasteiger partial charge is 0.459 e. The van der Waals surface area contributed by atoms with Crippen molar-refractivity contribution in [3.63, 3.8) is 0 Å². The molecule has 0 saturated carbocycles. The molecule has 0 unspecified atom stereocenters. The number of ether oxygens (including phenoxy) is 2. The fourth-order valence-electron chi connectivity index (χ4n) is 2.20. The van der Waals surface area contributed by atoms with Crippen molar-refractivity contribution in [2.45, 2.75) is 45.2 Å². The quantitative estimate of drug-likeness (QED) is 0.809. The number of aromatic nitrogens is 3. The van der Waals surface area contributed by atoms with Crippen LogP contribution in [0.5, 0.6) is 0 Å². The van der Waals surface area contributed by atoms with Crippen LogP contribution in [0.15, 0.2) is 11.1 Å². The zero-order chi connectivity index (χ0) is 16.5. The number of alkyl halides is 1. The van der Waals surface area contributed by atoms with Gasteiger partial charge in [0.05, 0.1) is 5.92 Å². The number of hydrogen-bond donors (Lipinski definition) is 1. The number of hydrogen-bond acceptors (Lipinski definition) is 7. The highest BCUT2D eigenvalue weighted by Gasteiger charge is 2.50. The maximum atomic E-state index is 14.6. The first-order valence-corrected chi connectivity index (χ1v) is 6.93. The molecule has 0 aromatic carbocycles. The second-order valence-corrected chi connectivity index (χ2v) is 5.79. The van der Waals surface area contributed by atoms with Gasteiger partial charge in [-0.3, -0.25) is 9.36 Å². The topological polar surface area (TPSA) is 109 Å². The lowest BCUT2D eigenvalue weighted by Crippen LogP contribution is -2.43. The summed E-state index contributed by atoms with van der Waals surface area (Å²) in [5, 5.41) is 0. The van der Waals surface area contributed by atoms with E-state index in [1.54, 1.807) is 20.8 Å². The molecule has 0 spiro atoms. The van der Waals surface area contributed by atoms with E-state index in [0.29, 0.717) is 0 Å². The molecule has 9 heteroatoms. The molecular formula is C13H19FN4O4. The number of halogens is 1. The van der Waals surface area contributed by atoms with Crippen molar-refractivity contribution in [3.05, 3.63) is 16.8 Å².